The summed E-state index contributed by atoms with van der Waals surface area (Å²) in [6.45, 7) is 9.44. The number of nitrogens with zero attached hydrogens (tertiary/aromatic N) is 2. The van der Waals surface area contributed by atoms with Gasteiger partial charge in [0.15, 0.2) is 0 Å². The van der Waals surface area contributed by atoms with Crippen LogP contribution in [0.5, 0.6) is 0 Å². The van der Waals surface area contributed by atoms with Gasteiger partial charge in [0.05, 0.1) is 18.3 Å². The van der Waals surface area contributed by atoms with Crippen molar-refractivity contribution < 1.29 is 18.7 Å². The van der Waals surface area contributed by atoms with Crippen molar-refractivity contribution in [1.82, 2.24) is 9.88 Å². The number of hydrogen-bond acceptors (Lipinski definition) is 4. The van der Waals surface area contributed by atoms with Crippen molar-refractivity contribution in [2.75, 3.05) is 6.54 Å². The maximum Gasteiger partial charge on any atom is 0.410 e. The molecule has 1 aliphatic rings. The molecule has 1 aliphatic heterocycles. The van der Waals surface area contributed by atoms with Crippen molar-refractivity contribution in [2.45, 2.75) is 57.7 Å². The van der Waals surface area contributed by atoms with Gasteiger partial charge in [0, 0.05) is 6.54 Å². The lowest BCUT2D eigenvalue weighted by Gasteiger charge is -2.41. The molecule has 0 radical (unpaired) electrons. The van der Waals surface area contributed by atoms with Crippen LogP contribution in [0, 0.1) is 0 Å². The molecule has 1 aromatic rings. The molecule has 0 aliphatic carbocycles. The van der Waals surface area contributed by atoms with E-state index in [1.807, 2.05) is 0 Å². The number of halogens is 2. The standard InChI is InChI=1S/C18H24ClFN2O3/c1-5-14-16(24-11-12-7-6-8-15(19)21-12)13(20)9-10-22(14)17(23)25-18(2,3)4/h5-8,13-14,16H,1,9-11H2,2-4H3/t13-,14-,16-/m0/s1. The number of carbonyl (C=O) groups is 1. The van der Waals surface area contributed by atoms with E-state index in [9.17, 15) is 9.18 Å². The molecule has 0 bridgehead atoms. The average Bonchev–Trinajstić information content (AvgIpc) is 2.51. The smallest absolute Gasteiger partial charge is 0.410 e. The molecule has 2 heterocycles. The number of aromatic nitrogens is 1. The molecular weight excluding hydrogens is 347 g/mol. The predicted molar refractivity (Wildman–Crippen MR) is 94.3 cm³/mol. The van der Waals surface area contributed by atoms with E-state index in [1.165, 1.54) is 11.0 Å². The molecule has 1 saturated heterocycles. The van der Waals surface area contributed by atoms with E-state index in [1.54, 1.807) is 39.0 Å². The van der Waals surface area contributed by atoms with E-state index in [-0.39, 0.29) is 19.6 Å². The topological polar surface area (TPSA) is 51.7 Å². The number of alkyl halides is 1. The van der Waals surface area contributed by atoms with E-state index in [4.69, 9.17) is 21.1 Å². The number of pyridine rings is 1. The van der Waals surface area contributed by atoms with Gasteiger partial charge in [-0.2, -0.15) is 0 Å². The highest BCUT2D eigenvalue weighted by Gasteiger charge is 2.41. The monoisotopic (exact) mass is 370 g/mol. The predicted octanol–water partition coefficient (Wildman–Crippen LogP) is 4.15. The summed E-state index contributed by atoms with van der Waals surface area (Å²) in [4.78, 5) is 18.0. The molecule has 7 heteroatoms. The Morgan fingerprint density at radius 2 is 2.24 bits per heavy atom. The van der Waals surface area contributed by atoms with Crippen LogP contribution in [0.3, 0.4) is 0 Å². The Labute approximate surface area is 152 Å². The van der Waals surface area contributed by atoms with Gasteiger partial charge in [-0.05, 0) is 39.3 Å². The van der Waals surface area contributed by atoms with Crippen LogP contribution in [0.1, 0.15) is 32.9 Å². The van der Waals surface area contributed by atoms with Crippen LogP contribution in [-0.2, 0) is 16.1 Å². The third-order valence-corrected chi connectivity index (χ3v) is 3.98. The number of amides is 1. The van der Waals surface area contributed by atoms with Crippen molar-refractivity contribution in [2.24, 2.45) is 0 Å². The second kappa shape index (κ2) is 8.15. The zero-order valence-corrected chi connectivity index (χ0v) is 15.5. The van der Waals surface area contributed by atoms with Gasteiger partial charge in [0.2, 0.25) is 0 Å². The molecule has 0 unspecified atom stereocenters. The summed E-state index contributed by atoms with van der Waals surface area (Å²) >= 11 is 5.85. The van der Waals surface area contributed by atoms with Crippen LogP contribution in [0.4, 0.5) is 9.18 Å². The van der Waals surface area contributed by atoms with Crippen molar-refractivity contribution in [3.63, 3.8) is 0 Å². The summed E-state index contributed by atoms with van der Waals surface area (Å²) in [7, 11) is 0. The molecule has 0 spiro atoms. The van der Waals surface area contributed by atoms with Gasteiger partial charge in [0.1, 0.15) is 23.0 Å². The fraction of sp³-hybridized carbons (Fsp3) is 0.556. The van der Waals surface area contributed by atoms with Crippen molar-refractivity contribution >= 4 is 17.7 Å². The Morgan fingerprint density at radius 3 is 2.84 bits per heavy atom. The fourth-order valence-corrected chi connectivity index (χ4v) is 2.86. The summed E-state index contributed by atoms with van der Waals surface area (Å²) in [5.74, 6) is 0. The minimum atomic E-state index is -1.21. The minimum absolute atomic E-state index is 0.0954. The lowest BCUT2D eigenvalue weighted by atomic mass is 9.97. The molecule has 1 aromatic heterocycles. The molecule has 0 N–H and O–H groups in total. The minimum Gasteiger partial charge on any atom is -0.444 e. The maximum absolute atomic E-state index is 14.4. The SMILES string of the molecule is C=C[C@H]1[C@@H](OCc2cccc(Cl)n2)[C@@H](F)CCN1C(=O)OC(C)(C)C. The summed E-state index contributed by atoms with van der Waals surface area (Å²) in [6, 6.07) is 4.54. The van der Waals surface area contributed by atoms with Gasteiger partial charge in [-0.1, -0.05) is 23.7 Å². The number of hydrogen-bond donors (Lipinski definition) is 0. The summed E-state index contributed by atoms with van der Waals surface area (Å²) in [6.07, 6.45) is -0.845. The van der Waals surface area contributed by atoms with E-state index >= 15 is 0 Å². The lowest BCUT2D eigenvalue weighted by molar-refractivity contribution is -0.0819. The van der Waals surface area contributed by atoms with E-state index in [2.05, 4.69) is 11.6 Å². The number of rotatable bonds is 4. The van der Waals surface area contributed by atoms with Gasteiger partial charge in [0.25, 0.3) is 0 Å². The molecule has 2 rings (SSSR count). The van der Waals surface area contributed by atoms with E-state index in [0.717, 1.165) is 0 Å². The Morgan fingerprint density at radius 1 is 1.52 bits per heavy atom. The van der Waals surface area contributed by atoms with Crippen LogP contribution in [0.2, 0.25) is 5.15 Å². The first-order chi connectivity index (χ1) is 11.7. The zero-order chi connectivity index (χ0) is 18.6. The Hall–Kier alpha value is -1.66. The van der Waals surface area contributed by atoms with Gasteiger partial charge < -0.3 is 9.47 Å². The largest absolute Gasteiger partial charge is 0.444 e. The van der Waals surface area contributed by atoms with Crippen LogP contribution >= 0.6 is 11.6 Å². The Bertz CT molecular complexity index is 621. The van der Waals surface area contributed by atoms with E-state index < -0.39 is 30.0 Å². The van der Waals surface area contributed by atoms with Gasteiger partial charge in [-0.25, -0.2) is 14.2 Å². The van der Waals surface area contributed by atoms with Crippen molar-refractivity contribution in [1.29, 1.82) is 0 Å². The first-order valence-electron chi connectivity index (χ1n) is 8.20. The van der Waals surface area contributed by atoms with E-state index in [0.29, 0.717) is 10.8 Å². The Balaban J connectivity index is 2.09. The maximum atomic E-state index is 14.4. The highest BCUT2D eigenvalue weighted by molar-refractivity contribution is 6.29. The molecule has 0 aromatic carbocycles. The summed E-state index contributed by atoms with van der Waals surface area (Å²) < 4.78 is 25.6. The Kier molecular flexibility index (Phi) is 6.41. The van der Waals surface area contributed by atoms with Crippen molar-refractivity contribution in [3.8, 4) is 0 Å². The molecular formula is C18H24ClFN2O3. The first-order valence-corrected chi connectivity index (χ1v) is 8.58. The number of ether oxygens (including phenoxy) is 2. The van der Waals surface area contributed by atoms with Crippen molar-refractivity contribution in [3.05, 3.63) is 41.7 Å². The number of carbonyl (C=O) groups excluding carboxylic acids is 1. The third-order valence-electron chi connectivity index (χ3n) is 3.76. The average molecular weight is 371 g/mol. The lowest BCUT2D eigenvalue weighted by Crippen LogP contribution is -2.56. The molecule has 3 atom stereocenters. The molecule has 5 nitrogen and oxygen atoms in total. The van der Waals surface area contributed by atoms with Crippen LogP contribution in [0.25, 0.3) is 0 Å². The van der Waals surface area contributed by atoms with Gasteiger partial charge in [-0.15, -0.1) is 6.58 Å². The molecule has 138 valence electrons. The quantitative estimate of drug-likeness (QED) is 0.590. The molecule has 0 saturated carbocycles. The summed E-state index contributed by atoms with van der Waals surface area (Å²) in [5, 5.41) is 0.345. The van der Waals surface area contributed by atoms with Crippen LogP contribution < -0.4 is 0 Å². The van der Waals surface area contributed by atoms with Crippen LogP contribution in [0.15, 0.2) is 30.9 Å². The molecule has 1 fully saturated rings. The molecule has 1 amide bonds. The summed E-state index contributed by atoms with van der Waals surface area (Å²) in [5.41, 5.74) is -0.0342. The molecule has 25 heavy (non-hydrogen) atoms. The number of likely N-dealkylation sites (tertiary alicyclic amines) is 1. The highest BCUT2D eigenvalue weighted by Crippen LogP contribution is 2.27. The van der Waals surface area contributed by atoms with Crippen LogP contribution in [-0.4, -0.2) is 46.4 Å². The fourth-order valence-electron chi connectivity index (χ4n) is 2.68. The zero-order valence-electron chi connectivity index (χ0n) is 14.7. The van der Waals surface area contributed by atoms with Gasteiger partial charge >= 0.3 is 6.09 Å². The number of piperidine rings is 1. The second-order valence-electron chi connectivity index (χ2n) is 6.93. The second-order valence-corrected chi connectivity index (χ2v) is 7.32. The van der Waals surface area contributed by atoms with Gasteiger partial charge in [-0.3, -0.25) is 4.90 Å². The first kappa shape index (κ1) is 19.7. The normalized spacial score (nSPS) is 24.0. The highest BCUT2D eigenvalue weighted by atomic mass is 35.5. The third kappa shape index (κ3) is 5.41.